The molecule has 3 aromatic carbocycles. The first kappa shape index (κ1) is 30.8. The molecule has 9 nitrogen and oxygen atoms in total. The highest BCUT2D eigenvalue weighted by molar-refractivity contribution is 7.89. The molecule has 1 N–H and O–H groups in total. The summed E-state index contributed by atoms with van der Waals surface area (Å²) in [4.78, 5) is 25.3. The molecular formula is C36H33N5O4S. The van der Waals surface area contributed by atoms with E-state index in [-0.39, 0.29) is 17.3 Å². The van der Waals surface area contributed by atoms with Gasteiger partial charge in [0, 0.05) is 44.6 Å². The fourth-order valence-electron chi connectivity index (χ4n) is 6.16. The summed E-state index contributed by atoms with van der Waals surface area (Å²) in [7, 11) is -0.775. The highest BCUT2D eigenvalue weighted by Gasteiger charge is 2.51. The minimum Gasteiger partial charge on any atom is -0.411 e. The Balaban J connectivity index is 1.54. The van der Waals surface area contributed by atoms with Crippen LogP contribution >= 0.6 is 0 Å². The maximum Gasteiger partial charge on any atom is 0.242 e. The fourth-order valence-corrected chi connectivity index (χ4v) is 7.27. The van der Waals surface area contributed by atoms with Crippen LogP contribution in [0.25, 0.3) is 11.1 Å². The van der Waals surface area contributed by atoms with E-state index in [0.717, 1.165) is 39.1 Å². The normalized spacial score (nSPS) is 14.2. The number of aromatic nitrogens is 2. The standard InChI is InChI=1S/C36H33N5O4S/c1-40(2)46(44,45)34-6-4-3-5-31(34)25-41-33-21-30(29-9-7-28(8-10-29)24-39-43)11-12-32(33)36(35(41)42,22-26-13-17-37-18-14-26)23-27-15-19-38-20-16-27/h3-21,24,43H,22-23,25H2,1-2H3. The van der Waals surface area contributed by atoms with E-state index >= 15 is 4.79 Å². The Labute approximate surface area is 268 Å². The molecule has 10 heteroatoms. The van der Waals surface area contributed by atoms with E-state index in [1.165, 1.54) is 24.6 Å². The maximum atomic E-state index is 15.1. The van der Waals surface area contributed by atoms with Gasteiger partial charge in [-0.1, -0.05) is 59.8 Å². The van der Waals surface area contributed by atoms with Gasteiger partial charge in [-0.15, -0.1) is 0 Å². The molecule has 0 spiro atoms. The monoisotopic (exact) mass is 631 g/mol. The zero-order valence-electron chi connectivity index (χ0n) is 25.5. The van der Waals surface area contributed by atoms with E-state index in [0.29, 0.717) is 18.4 Å². The number of carbonyl (C=O) groups is 1. The molecule has 0 aliphatic carbocycles. The van der Waals surface area contributed by atoms with Gasteiger partial charge >= 0.3 is 0 Å². The van der Waals surface area contributed by atoms with Gasteiger partial charge in [-0.3, -0.25) is 14.8 Å². The van der Waals surface area contributed by atoms with Crippen LogP contribution in [0.3, 0.4) is 0 Å². The number of hydrogen-bond acceptors (Lipinski definition) is 7. The number of benzene rings is 3. The predicted molar refractivity (Wildman–Crippen MR) is 177 cm³/mol. The molecule has 2 aromatic heterocycles. The van der Waals surface area contributed by atoms with E-state index in [4.69, 9.17) is 5.21 Å². The number of fused-ring (bicyclic) bond motifs is 1. The van der Waals surface area contributed by atoms with Gasteiger partial charge in [-0.2, -0.15) is 0 Å². The number of nitrogens with zero attached hydrogens (tertiary/aromatic N) is 5. The van der Waals surface area contributed by atoms with Crippen LogP contribution in [0.15, 0.2) is 126 Å². The molecule has 0 fully saturated rings. The summed E-state index contributed by atoms with van der Waals surface area (Å²) < 4.78 is 27.9. The lowest BCUT2D eigenvalue weighted by Gasteiger charge is -2.30. The van der Waals surface area contributed by atoms with Crippen molar-refractivity contribution in [3.8, 4) is 11.1 Å². The van der Waals surface area contributed by atoms with Crippen LogP contribution in [0, 0.1) is 0 Å². The second kappa shape index (κ2) is 12.7. The highest BCUT2D eigenvalue weighted by Crippen LogP contribution is 2.48. The molecule has 1 aliphatic heterocycles. The number of amides is 1. The molecule has 0 atom stereocenters. The number of oxime groups is 1. The molecule has 1 aliphatic rings. The van der Waals surface area contributed by atoms with E-state index in [1.807, 2.05) is 66.7 Å². The highest BCUT2D eigenvalue weighted by atomic mass is 32.2. The number of pyridine rings is 2. The summed E-state index contributed by atoms with van der Waals surface area (Å²) in [5, 5.41) is 12.0. The zero-order chi connectivity index (χ0) is 32.3. The Morgan fingerprint density at radius 2 is 1.41 bits per heavy atom. The molecule has 46 heavy (non-hydrogen) atoms. The summed E-state index contributed by atoms with van der Waals surface area (Å²) >= 11 is 0. The topological polar surface area (TPSA) is 116 Å². The predicted octanol–water partition coefficient (Wildman–Crippen LogP) is 5.47. The largest absolute Gasteiger partial charge is 0.411 e. The number of anilines is 1. The van der Waals surface area contributed by atoms with Crippen molar-refractivity contribution < 1.29 is 18.4 Å². The first-order valence-electron chi connectivity index (χ1n) is 14.8. The second-order valence-corrected chi connectivity index (χ2v) is 13.7. The molecule has 0 unspecified atom stereocenters. The van der Waals surface area contributed by atoms with Gasteiger partial charge < -0.3 is 10.1 Å². The summed E-state index contributed by atoms with van der Waals surface area (Å²) in [6.45, 7) is 0.0683. The van der Waals surface area contributed by atoms with Crippen LogP contribution in [0.5, 0.6) is 0 Å². The molecule has 0 saturated carbocycles. The van der Waals surface area contributed by atoms with Gasteiger partial charge in [-0.25, -0.2) is 12.7 Å². The van der Waals surface area contributed by atoms with Gasteiger partial charge in [-0.05, 0) is 88.2 Å². The molecule has 1 amide bonds. The van der Waals surface area contributed by atoms with Gasteiger partial charge in [0.2, 0.25) is 15.9 Å². The Bertz CT molecular complexity index is 1960. The summed E-state index contributed by atoms with van der Waals surface area (Å²) in [5.74, 6) is -0.111. The van der Waals surface area contributed by atoms with E-state index < -0.39 is 15.4 Å². The lowest BCUT2D eigenvalue weighted by molar-refractivity contribution is -0.123. The molecule has 0 radical (unpaired) electrons. The first-order chi connectivity index (χ1) is 22.2. The lowest BCUT2D eigenvalue weighted by Crippen LogP contribution is -2.43. The molecule has 0 bridgehead atoms. The van der Waals surface area contributed by atoms with Gasteiger partial charge in [0.15, 0.2) is 0 Å². The Hall–Kier alpha value is -5.19. The molecule has 6 rings (SSSR count). The lowest BCUT2D eigenvalue weighted by atomic mass is 9.72. The summed E-state index contributed by atoms with van der Waals surface area (Å²) in [5.41, 5.74) is 5.62. The Morgan fingerprint density at radius 3 is 2.00 bits per heavy atom. The van der Waals surface area contributed by atoms with Crippen molar-refractivity contribution in [3.05, 3.63) is 144 Å². The Kier molecular flexibility index (Phi) is 8.48. The van der Waals surface area contributed by atoms with Crippen LogP contribution in [-0.2, 0) is 39.6 Å². The van der Waals surface area contributed by atoms with Crippen molar-refractivity contribution in [1.82, 2.24) is 14.3 Å². The quantitative estimate of drug-likeness (QED) is 0.124. The first-order valence-corrected chi connectivity index (χ1v) is 16.2. The third-order valence-corrected chi connectivity index (χ3v) is 10.4. The molecule has 3 heterocycles. The van der Waals surface area contributed by atoms with E-state index in [2.05, 4.69) is 15.1 Å². The number of hydrogen-bond donors (Lipinski definition) is 1. The number of sulfonamides is 1. The van der Waals surface area contributed by atoms with Crippen molar-refractivity contribution in [3.63, 3.8) is 0 Å². The van der Waals surface area contributed by atoms with Crippen LogP contribution in [-0.4, -0.2) is 54.1 Å². The van der Waals surface area contributed by atoms with Crippen LogP contribution in [0.2, 0.25) is 0 Å². The molecular weight excluding hydrogens is 598 g/mol. The number of carbonyl (C=O) groups excluding carboxylic acids is 1. The molecule has 5 aromatic rings. The third-order valence-electron chi connectivity index (χ3n) is 8.48. The van der Waals surface area contributed by atoms with E-state index in [9.17, 15) is 8.42 Å². The van der Waals surface area contributed by atoms with Gasteiger partial charge in [0.05, 0.1) is 23.1 Å². The average Bonchev–Trinajstić information content (AvgIpc) is 3.28. The van der Waals surface area contributed by atoms with Crippen LogP contribution in [0.4, 0.5) is 5.69 Å². The van der Waals surface area contributed by atoms with Crippen LogP contribution < -0.4 is 4.90 Å². The molecule has 232 valence electrons. The zero-order valence-corrected chi connectivity index (χ0v) is 26.3. The SMILES string of the molecule is CN(C)S(=O)(=O)c1ccccc1CN1C(=O)C(Cc2ccncc2)(Cc2ccncc2)c2ccc(-c3ccc(C=NO)cc3)cc21. The van der Waals surface area contributed by atoms with Crippen molar-refractivity contribution >= 4 is 27.8 Å². The molecule has 0 saturated heterocycles. The van der Waals surface area contributed by atoms with E-state index in [1.54, 1.807) is 54.0 Å². The van der Waals surface area contributed by atoms with Crippen molar-refractivity contribution in [2.24, 2.45) is 5.16 Å². The minimum atomic E-state index is -3.78. The number of rotatable bonds is 10. The van der Waals surface area contributed by atoms with Crippen molar-refractivity contribution in [1.29, 1.82) is 0 Å². The smallest absolute Gasteiger partial charge is 0.242 e. The van der Waals surface area contributed by atoms with Crippen LogP contribution in [0.1, 0.15) is 27.8 Å². The fraction of sp³-hybridized carbons (Fsp3) is 0.167. The minimum absolute atomic E-state index is 0.0683. The van der Waals surface area contributed by atoms with Crippen molar-refractivity contribution in [2.45, 2.75) is 29.7 Å². The second-order valence-electron chi connectivity index (χ2n) is 11.5. The average molecular weight is 632 g/mol. The summed E-state index contributed by atoms with van der Waals surface area (Å²) in [6.07, 6.45) is 9.11. The summed E-state index contributed by atoms with van der Waals surface area (Å²) in [6, 6.07) is 28.1. The third kappa shape index (κ3) is 5.80. The Morgan fingerprint density at radius 1 is 0.826 bits per heavy atom. The van der Waals surface area contributed by atoms with Gasteiger partial charge in [0.1, 0.15) is 0 Å². The van der Waals surface area contributed by atoms with Gasteiger partial charge in [0.25, 0.3) is 0 Å². The maximum absolute atomic E-state index is 15.1. The van der Waals surface area contributed by atoms with Crippen molar-refractivity contribution in [2.75, 3.05) is 19.0 Å².